The summed E-state index contributed by atoms with van der Waals surface area (Å²) in [7, 11) is 0. The predicted octanol–water partition coefficient (Wildman–Crippen LogP) is 6.30. The van der Waals surface area contributed by atoms with E-state index in [0.717, 1.165) is 3.93 Å². The molecule has 0 heterocycles. The van der Waals surface area contributed by atoms with Gasteiger partial charge in [-0.2, -0.15) is 8.78 Å². The fourth-order valence-electron chi connectivity index (χ4n) is 1.22. The first kappa shape index (κ1) is 19.1. The molecule has 0 fully saturated rings. The molecular weight excluding hydrogens is 572 g/mol. The topological polar surface area (TPSA) is 20.3 Å². The molecule has 10 heteroatoms. The molecule has 0 saturated heterocycles. The summed E-state index contributed by atoms with van der Waals surface area (Å²) in [6, 6.07) is 4.59. The largest absolute Gasteiger partial charge is 0.718 e. The number of carbonyl (C=O) groups is 1. The van der Waals surface area contributed by atoms with Crippen LogP contribution in [0.3, 0.4) is 0 Å². The van der Waals surface area contributed by atoms with Crippen LogP contribution in [0.15, 0.2) is 23.1 Å². The van der Waals surface area contributed by atoms with Crippen LogP contribution in [0.5, 0.6) is 0 Å². The molecule has 0 unspecified atom stereocenters. The Morgan fingerprint density at radius 1 is 1.35 bits per heavy atom. The van der Waals surface area contributed by atoms with Crippen LogP contribution < -0.4 is 3.93 Å². The van der Waals surface area contributed by atoms with Crippen LogP contribution in [-0.2, 0) is 12.6 Å². The van der Waals surface area contributed by atoms with Gasteiger partial charge in [0.15, 0.2) is 0 Å². The third kappa shape index (κ3) is 4.77. The summed E-state index contributed by atoms with van der Waals surface area (Å²) < 4.78 is 27.1. The van der Waals surface area contributed by atoms with Crippen LogP contribution in [0.2, 0.25) is 0 Å². The van der Waals surface area contributed by atoms with Crippen molar-refractivity contribution in [2.45, 2.75) is 19.2 Å². The molecule has 1 aromatic rings. The Morgan fingerprint density at radius 2 is 1.90 bits per heavy atom. The molecule has 0 saturated carbocycles. The van der Waals surface area contributed by atoms with Crippen LogP contribution in [0.4, 0.5) is 19.3 Å². The fourth-order valence-corrected chi connectivity index (χ4v) is 3.22. The summed E-state index contributed by atoms with van der Waals surface area (Å²) in [5, 5.41) is -3.75. The molecule has 1 rings (SSSR count). The van der Waals surface area contributed by atoms with Crippen LogP contribution >= 0.6 is 75.7 Å². The van der Waals surface area contributed by atoms with Gasteiger partial charge < -0.3 is 17.4 Å². The van der Waals surface area contributed by atoms with Crippen molar-refractivity contribution in [1.29, 1.82) is 0 Å². The van der Waals surface area contributed by atoms with Crippen molar-refractivity contribution in [3.63, 3.8) is 0 Å². The average molecular weight is 578 g/mol. The number of nitrogens with zero attached hydrogens (tertiary/aromatic N) is 1. The molecule has 0 atom stereocenters. The van der Waals surface area contributed by atoms with E-state index in [4.69, 9.17) is 0 Å². The Bertz CT molecular complexity index is 524. The summed E-state index contributed by atoms with van der Waals surface area (Å²) in [6.45, 7) is 1.70. The van der Waals surface area contributed by atoms with Crippen LogP contribution in [0.1, 0.15) is 5.56 Å². The van der Waals surface area contributed by atoms with E-state index in [1.54, 1.807) is 19.1 Å². The number of benzene rings is 1. The van der Waals surface area contributed by atoms with E-state index in [1.807, 2.05) is 0 Å². The monoisotopic (exact) mass is 574 g/mol. The molecule has 0 aliphatic carbocycles. The quantitative estimate of drug-likeness (QED) is 0.182. The smallest absolute Gasteiger partial charge is 0.332 e. The Kier molecular flexibility index (Phi) is 6.75. The minimum Gasteiger partial charge on any atom is -0.718 e. The first-order valence-electron chi connectivity index (χ1n) is 4.87. The van der Waals surface area contributed by atoms with Gasteiger partial charge in [0.05, 0.1) is 21.8 Å². The van der Waals surface area contributed by atoms with Crippen molar-refractivity contribution in [2.24, 2.45) is 0 Å². The number of hydrogen-bond donors (Lipinski definition) is 0. The molecule has 0 radical (unpaired) electrons. The van der Waals surface area contributed by atoms with Gasteiger partial charge in [-0.05, 0) is 42.4 Å². The lowest BCUT2D eigenvalue weighted by atomic mass is 10.2. The number of thioether (sulfide) groups is 1. The number of halogens is 6. The number of hydrogen-bond acceptors (Lipinski definition) is 3. The number of amides is 1. The zero-order chi connectivity index (χ0) is 15.7. The van der Waals surface area contributed by atoms with E-state index in [2.05, 4.69) is 76.6 Å². The van der Waals surface area contributed by atoms with Gasteiger partial charge in [-0.15, -0.1) is 0 Å². The zero-order valence-corrected chi connectivity index (χ0v) is 17.6. The van der Waals surface area contributed by atoms with Crippen molar-refractivity contribution < 1.29 is 13.6 Å². The summed E-state index contributed by atoms with van der Waals surface area (Å²) in [5.74, 6) is 0. The van der Waals surface area contributed by atoms with Crippen LogP contribution in [0, 0.1) is 6.92 Å². The summed E-state index contributed by atoms with van der Waals surface area (Å²) in [4.78, 5) is 11.4. The number of anilines is 1. The predicted molar refractivity (Wildman–Crippen MR) is 95.7 cm³/mol. The van der Waals surface area contributed by atoms with Crippen LogP contribution in [0.25, 0.3) is 0 Å². The number of carbonyl (C=O) groups excluding carboxylic acids is 1. The molecule has 0 spiro atoms. The fraction of sp³-hybridized carbons (Fsp3) is 0.300. The second-order valence-electron chi connectivity index (χ2n) is 3.61. The molecule has 0 aliphatic rings. The molecular formula is C10H6Br4F2NOS2-. The van der Waals surface area contributed by atoms with E-state index in [-0.39, 0.29) is 0 Å². The Morgan fingerprint density at radius 3 is 2.30 bits per heavy atom. The van der Waals surface area contributed by atoms with Gasteiger partial charge in [0.1, 0.15) is 5.24 Å². The van der Waals surface area contributed by atoms with E-state index in [1.165, 1.54) is 6.07 Å². The number of rotatable bonds is 3. The second kappa shape index (κ2) is 7.08. The van der Waals surface area contributed by atoms with Gasteiger partial charge in [-0.25, -0.2) is 0 Å². The second-order valence-corrected chi connectivity index (χ2v) is 12.6. The number of alkyl halides is 5. The molecule has 1 aromatic carbocycles. The van der Waals surface area contributed by atoms with Gasteiger partial charge in [-0.3, -0.25) is 3.93 Å². The molecule has 1 amide bonds. The lowest BCUT2D eigenvalue weighted by molar-refractivity contribution is 0.122. The van der Waals surface area contributed by atoms with E-state index < -0.39 is 12.6 Å². The molecule has 20 heavy (non-hydrogen) atoms. The highest BCUT2D eigenvalue weighted by atomic mass is 80.0. The lowest BCUT2D eigenvalue weighted by Gasteiger charge is -2.25. The molecule has 0 bridgehead atoms. The highest BCUT2D eigenvalue weighted by Crippen LogP contribution is 2.55. The summed E-state index contributed by atoms with van der Waals surface area (Å²) in [5.41, 5.74) is 1.16. The molecule has 112 valence electrons. The van der Waals surface area contributed by atoms with Crippen molar-refractivity contribution in [3.05, 3.63) is 23.8 Å². The standard InChI is InChI=1S/C10H7Br4F2NOS2/c1-5-4-6(20-10(15,16)9(11,12)13)2-3-7(5)17(14)8(18)19/h2-4H,1H3,(H,18,19)/p-1. The maximum Gasteiger partial charge on any atom is 0.332 e. The van der Waals surface area contributed by atoms with Gasteiger partial charge >= 0.3 is 5.25 Å². The van der Waals surface area contributed by atoms with Crippen molar-refractivity contribution >= 4 is 99.3 Å². The van der Waals surface area contributed by atoms with Crippen molar-refractivity contribution in [1.82, 2.24) is 0 Å². The van der Waals surface area contributed by atoms with Gasteiger partial charge in [0, 0.05) is 4.90 Å². The molecule has 2 nitrogen and oxygen atoms in total. The third-order valence-electron chi connectivity index (χ3n) is 2.12. The summed E-state index contributed by atoms with van der Waals surface area (Å²) in [6.07, 6.45) is 0. The average Bonchev–Trinajstić information content (AvgIpc) is 2.26. The minimum absolute atomic E-state index is 0.358. The van der Waals surface area contributed by atoms with Crippen molar-refractivity contribution in [3.8, 4) is 0 Å². The maximum absolute atomic E-state index is 13.9. The first-order chi connectivity index (χ1) is 8.95. The Labute approximate surface area is 158 Å². The third-order valence-corrected chi connectivity index (χ3v) is 6.57. The van der Waals surface area contributed by atoms with Gasteiger partial charge in [-0.1, -0.05) is 47.8 Å². The summed E-state index contributed by atoms with van der Waals surface area (Å²) >= 11 is 16.4. The molecule has 0 aromatic heterocycles. The normalized spacial score (nSPS) is 12.3. The van der Waals surface area contributed by atoms with Crippen LogP contribution in [-0.4, -0.2) is 12.6 Å². The highest BCUT2D eigenvalue weighted by Gasteiger charge is 2.49. The van der Waals surface area contributed by atoms with Gasteiger partial charge in [0.2, 0.25) is 2.14 Å². The SMILES string of the molecule is Cc1cc(SC(F)(F)C(Br)(Br)Br)ccc1N(Br)C(=O)[S-]. The molecule has 0 aliphatic heterocycles. The lowest BCUT2D eigenvalue weighted by Crippen LogP contribution is -2.27. The van der Waals surface area contributed by atoms with E-state index >= 15 is 0 Å². The minimum atomic E-state index is -3.14. The maximum atomic E-state index is 13.9. The number of aryl methyl sites for hydroxylation is 1. The Hall–Kier alpha value is 1.04. The highest BCUT2D eigenvalue weighted by molar-refractivity contribution is 9.39. The zero-order valence-electron chi connectivity index (χ0n) is 9.67. The molecule has 0 N–H and O–H groups in total. The van der Waals surface area contributed by atoms with E-state index in [0.29, 0.717) is 27.9 Å². The van der Waals surface area contributed by atoms with Crippen molar-refractivity contribution in [2.75, 3.05) is 3.93 Å². The first-order valence-corrected chi connectivity index (χ1v) is 9.18. The Balaban J connectivity index is 3.02. The van der Waals surface area contributed by atoms with Gasteiger partial charge in [0.25, 0.3) is 0 Å². The van der Waals surface area contributed by atoms with E-state index in [9.17, 15) is 13.6 Å².